The van der Waals surface area contributed by atoms with Crippen molar-refractivity contribution in [3.63, 3.8) is 0 Å². The Bertz CT molecular complexity index is 622. The van der Waals surface area contributed by atoms with E-state index in [4.69, 9.17) is 5.11 Å². The van der Waals surface area contributed by atoms with Crippen molar-refractivity contribution in [2.24, 2.45) is 0 Å². The zero-order valence-electron chi connectivity index (χ0n) is 11.7. The summed E-state index contributed by atoms with van der Waals surface area (Å²) in [5, 5.41) is 26.1. The molecular formula is C12H17N7O2. The summed E-state index contributed by atoms with van der Waals surface area (Å²) < 4.78 is 1.92. The van der Waals surface area contributed by atoms with Crippen LogP contribution < -0.4 is 5.32 Å². The van der Waals surface area contributed by atoms with Gasteiger partial charge in [-0.3, -0.25) is 0 Å². The Morgan fingerprint density at radius 2 is 2.43 bits per heavy atom. The highest BCUT2D eigenvalue weighted by Crippen LogP contribution is 2.31. The number of aromatic amines is 1. The van der Waals surface area contributed by atoms with Crippen LogP contribution in [0.1, 0.15) is 48.5 Å². The number of imidazole rings is 1. The zero-order valence-corrected chi connectivity index (χ0v) is 11.7. The van der Waals surface area contributed by atoms with Gasteiger partial charge in [-0.15, -0.1) is 5.10 Å². The molecule has 9 heteroatoms. The van der Waals surface area contributed by atoms with Crippen LogP contribution in [0.2, 0.25) is 0 Å². The van der Waals surface area contributed by atoms with Crippen molar-refractivity contribution in [1.29, 1.82) is 0 Å². The summed E-state index contributed by atoms with van der Waals surface area (Å²) in [5.74, 6) is 0.359. The summed E-state index contributed by atoms with van der Waals surface area (Å²) in [6.07, 6.45) is 5.04. The van der Waals surface area contributed by atoms with Gasteiger partial charge in [-0.2, -0.15) is 0 Å². The monoisotopic (exact) mass is 291 g/mol. The first kappa shape index (κ1) is 13.5. The Labute approximate surface area is 120 Å². The summed E-state index contributed by atoms with van der Waals surface area (Å²) in [6.45, 7) is 2.10. The number of carboxylic acids is 1. The average molecular weight is 291 g/mol. The van der Waals surface area contributed by atoms with E-state index in [9.17, 15) is 4.79 Å². The normalized spacial score (nSPS) is 20.8. The topological polar surface area (TPSA) is 122 Å². The number of H-pyrrole nitrogens is 1. The smallest absolute Gasteiger partial charge is 0.356 e. The number of hydrogen-bond donors (Lipinski definition) is 3. The highest BCUT2D eigenvalue weighted by molar-refractivity contribution is 5.85. The van der Waals surface area contributed by atoms with Crippen LogP contribution in [0.5, 0.6) is 0 Å². The van der Waals surface area contributed by atoms with Crippen LogP contribution in [0, 0.1) is 0 Å². The predicted molar refractivity (Wildman–Crippen MR) is 73.0 cm³/mol. The van der Waals surface area contributed by atoms with E-state index in [-0.39, 0.29) is 11.7 Å². The van der Waals surface area contributed by atoms with Gasteiger partial charge in [0.15, 0.2) is 5.69 Å². The minimum Gasteiger partial charge on any atom is -0.476 e. The van der Waals surface area contributed by atoms with Gasteiger partial charge < -0.3 is 15.0 Å². The van der Waals surface area contributed by atoms with Crippen LogP contribution in [0.25, 0.3) is 0 Å². The lowest BCUT2D eigenvalue weighted by molar-refractivity contribution is 0.0691. The van der Waals surface area contributed by atoms with Crippen LogP contribution >= 0.6 is 0 Å². The summed E-state index contributed by atoms with van der Waals surface area (Å²) >= 11 is 0. The largest absolute Gasteiger partial charge is 0.476 e. The number of tetrazole rings is 1. The molecule has 0 bridgehead atoms. The van der Waals surface area contributed by atoms with E-state index >= 15 is 0 Å². The fourth-order valence-corrected chi connectivity index (χ4v) is 2.68. The number of fused-ring (bicyclic) bond motifs is 1. The number of nitrogens with zero attached hydrogens (tertiary/aromatic N) is 5. The fourth-order valence-electron chi connectivity index (χ4n) is 2.68. The first-order valence-corrected chi connectivity index (χ1v) is 6.98. The number of anilines is 1. The second kappa shape index (κ2) is 5.51. The number of hydrogen-bond acceptors (Lipinski definition) is 6. The molecule has 1 aliphatic heterocycles. The van der Waals surface area contributed by atoms with Crippen LogP contribution in [0.4, 0.5) is 5.95 Å². The molecule has 3 N–H and O–H groups in total. The maximum Gasteiger partial charge on any atom is 0.356 e. The number of rotatable bonds is 5. The Kier molecular flexibility index (Phi) is 3.55. The second-order valence-corrected chi connectivity index (χ2v) is 5.19. The second-order valence-electron chi connectivity index (χ2n) is 5.19. The summed E-state index contributed by atoms with van der Waals surface area (Å²) in [6, 6.07) is 0.497. The van der Waals surface area contributed by atoms with Crippen molar-refractivity contribution in [2.75, 3.05) is 5.32 Å². The molecule has 0 saturated carbocycles. The van der Waals surface area contributed by atoms with Gasteiger partial charge in [-0.1, -0.05) is 6.92 Å². The lowest BCUT2D eigenvalue weighted by Crippen LogP contribution is -2.31. The first-order chi connectivity index (χ1) is 10.2. The fraction of sp³-hybridized carbons (Fsp3) is 0.583. The van der Waals surface area contributed by atoms with Crippen LogP contribution in [0.3, 0.4) is 0 Å². The molecule has 0 aliphatic carbocycles. The van der Waals surface area contributed by atoms with Crippen LogP contribution in [0.15, 0.2) is 6.20 Å². The molecule has 9 nitrogen and oxygen atoms in total. The van der Waals surface area contributed by atoms with E-state index in [0.29, 0.717) is 18.4 Å². The highest BCUT2D eigenvalue weighted by atomic mass is 16.4. The average Bonchev–Trinajstić information content (AvgIpc) is 3.13. The molecule has 0 fully saturated rings. The minimum absolute atomic E-state index is 0.0700. The maximum atomic E-state index is 11.1. The molecule has 0 spiro atoms. The van der Waals surface area contributed by atoms with Gasteiger partial charge in [-0.25, -0.2) is 14.9 Å². The summed E-state index contributed by atoms with van der Waals surface area (Å²) in [4.78, 5) is 15.2. The number of carbonyl (C=O) groups is 1. The molecule has 112 valence electrons. The van der Waals surface area contributed by atoms with Crippen molar-refractivity contribution in [2.45, 2.75) is 44.7 Å². The molecule has 2 atom stereocenters. The van der Waals surface area contributed by atoms with Crippen molar-refractivity contribution in [3.05, 3.63) is 17.7 Å². The molecule has 0 radical (unpaired) electrons. The molecule has 0 saturated heterocycles. The molecule has 3 rings (SSSR count). The third-order valence-corrected chi connectivity index (χ3v) is 3.83. The van der Waals surface area contributed by atoms with Crippen molar-refractivity contribution < 1.29 is 9.90 Å². The number of aromatic carboxylic acids is 1. The molecule has 2 aromatic rings. The van der Waals surface area contributed by atoms with E-state index in [0.717, 1.165) is 25.1 Å². The standard InChI is InChI=1S/C12H17N7O2/c1-2-7-5-8(3-4-10-15-17-18-16-10)19-6-9(11(20)21)14-12(19)13-7/h6-8H,2-5H2,1H3,(H,13,14)(H,20,21)(H,15,16,17,18). The van der Waals surface area contributed by atoms with Gasteiger partial charge in [0.05, 0.1) is 0 Å². The van der Waals surface area contributed by atoms with E-state index < -0.39 is 5.97 Å². The Morgan fingerprint density at radius 1 is 1.57 bits per heavy atom. The quantitative estimate of drug-likeness (QED) is 0.746. The van der Waals surface area contributed by atoms with Gasteiger partial charge in [0, 0.05) is 24.7 Å². The first-order valence-electron chi connectivity index (χ1n) is 6.98. The SMILES string of the molecule is CCC1CC(CCc2nnn[nH]2)n2cc(C(=O)O)nc2N1. The van der Waals surface area contributed by atoms with Gasteiger partial charge in [0.1, 0.15) is 5.82 Å². The van der Waals surface area contributed by atoms with Crippen molar-refractivity contribution in [3.8, 4) is 0 Å². The number of aromatic nitrogens is 6. The summed E-state index contributed by atoms with van der Waals surface area (Å²) in [7, 11) is 0. The predicted octanol–water partition coefficient (Wildman–Crippen LogP) is 0.862. The Morgan fingerprint density at radius 3 is 3.10 bits per heavy atom. The van der Waals surface area contributed by atoms with Gasteiger partial charge in [-0.05, 0) is 29.7 Å². The van der Waals surface area contributed by atoms with Crippen molar-refractivity contribution in [1.82, 2.24) is 30.2 Å². The molecule has 21 heavy (non-hydrogen) atoms. The van der Waals surface area contributed by atoms with Crippen LogP contribution in [-0.4, -0.2) is 47.3 Å². The Hall–Kier alpha value is -2.45. The minimum atomic E-state index is -1.01. The zero-order chi connectivity index (χ0) is 14.8. The molecule has 3 heterocycles. The third-order valence-electron chi connectivity index (χ3n) is 3.83. The van der Waals surface area contributed by atoms with E-state index in [1.807, 2.05) is 4.57 Å². The lowest BCUT2D eigenvalue weighted by Gasteiger charge is -2.31. The molecule has 2 unspecified atom stereocenters. The molecule has 0 aromatic carbocycles. The molecule has 1 aliphatic rings. The molecule has 2 aromatic heterocycles. The van der Waals surface area contributed by atoms with Crippen molar-refractivity contribution >= 4 is 11.9 Å². The maximum absolute atomic E-state index is 11.1. The van der Waals surface area contributed by atoms with Gasteiger partial charge in [0.2, 0.25) is 5.95 Å². The number of carboxylic acid groups (broad SMARTS) is 1. The van der Waals surface area contributed by atoms with E-state index in [1.165, 1.54) is 0 Å². The van der Waals surface area contributed by atoms with E-state index in [2.05, 4.69) is 37.8 Å². The van der Waals surface area contributed by atoms with Gasteiger partial charge >= 0.3 is 5.97 Å². The van der Waals surface area contributed by atoms with Crippen LogP contribution in [-0.2, 0) is 6.42 Å². The number of nitrogens with one attached hydrogen (secondary N) is 2. The number of aryl methyl sites for hydroxylation is 1. The molecule has 0 amide bonds. The molecular weight excluding hydrogens is 274 g/mol. The third kappa shape index (κ3) is 2.71. The van der Waals surface area contributed by atoms with Gasteiger partial charge in [0.25, 0.3) is 0 Å². The van der Waals surface area contributed by atoms with E-state index in [1.54, 1.807) is 6.20 Å². The lowest BCUT2D eigenvalue weighted by atomic mass is 9.98. The Balaban J connectivity index is 1.80. The highest BCUT2D eigenvalue weighted by Gasteiger charge is 2.28. The summed E-state index contributed by atoms with van der Waals surface area (Å²) in [5.41, 5.74) is 0.0700.